The van der Waals surface area contributed by atoms with E-state index in [2.05, 4.69) is 44.4 Å². The van der Waals surface area contributed by atoms with E-state index in [1.807, 2.05) is 47.4 Å². The Morgan fingerprint density at radius 3 is 2.48 bits per heavy atom. The molecule has 0 N–H and O–H groups in total. The molecule has 0 radical (unpaired) electrons. The minimum atomic E-state index is -0.0983. The third-order valence-electron chi connectivity index (χ3n) is 6.23. The highest BCUT2D eigenvalue weighted by Gasteiger charge is 2.34. The maximum absolute atomic E-state index is 13.7. The van der Waals surface area contributed by atoms with Gasteiger partial charge >= 0.3 is 0 Å². The topological polar surface area (TPSA) is 40.6 Å². The molecule has 1 aromatic heterocycles. The van der Waals surface area contributed by atoms with Gasteiger partial charge in [0, 0.05) is 18.0 Å². The molecule has 33 heavy (non-hydrogen) atoms. The molecule has 1 atom stereocenters. The van der Waals surface area contributed by atoms with Crippen molar-refractivity contribution in [2.24, 2.45) is 5.92 Å². The van der Waals surface area contributed by atoms with Crippen LogP contribution >= 0.6 is 11.3 Å². The van der Waals surface area contributed by atoms with Crippen molar-refractivity contribution in [2.75, 3.05) is 19.6 Å². The number of carbonyl (C=O) groups excluding carboxylic acids is 2. The molecule has 5 heteroatoms. The lowest BCUT2D eigenvalue weighted by Gasteiger charge is -2.38. The Bertz CT molecular complexity index is 1110. The average Bonchev–Trinajstić information content (AvgIpc) is 3.28. The fourth-order valence-corrected chi connectivity index (χ4v) is 5.55. The van der Waals surface area contributed by atoms with Crippen LogP contribution < -0.4 is 0 Å². The van der Waals surface area contributed by atoms with Gasteiger partial charge in [-0.1, -0.05) is 68.4 Å². The summed E-state index contributed by atoms with van der Waals surface area (Å²) in [6.07, 6.45) is 1.18. The summed E-state index contributed by atoms with van der Waals surface area (Å²) in [5, 5.41) is 2.12. The number of carbonyl (C=O) groups is 2. The highest BCUT2D eigenvalue weighted by molar-refractivity contribution is 7.10. The lowest BCUT2D eigenvalue weighted by atomic mass is 9.90. The minimum Gasteiger partial charge on any atom is -0.333 e. The zero-order valence-corrected chi connectivity index (χ0v) is 20.5. The van der Waals surface area contributed by atoms with E-state index in [9.17, 15) is 9.59 Å². The van der Waals surface area contributed by atoms with Gasteiger partial charge in [0.15, 0.2) is 0 Å². The Hall–Kier alpha value is -2.92. The molecule has 0 spiro atoms. The number of hydrogen-bond acceptors (Lipinski definition) is 3. The van der Waals surface area contributed by atoms with Crippen LogP contribution in [0.5, 0.6) is 0 Å². The van der Waals surface area contributed by atoms with Gasteiger partial charge in [0.05, 0.1) is 19.0 Å². The number of amides is 2. The van der Waals surface area contributed by atoms with Crippen LogP contribution in [0, 0.1) is 12.8 Å². The third kappa shape index (κ3) is 5.36. The minimum absolute atomic E-state index is 0.00363. The van der Waals surface area contributed by atoms with Gasteiger partial charge in [-0.25, -0.2) is 0 Å². The van der Waals surface area contributed by atoms with Crippen LogP contribution in [-0.2, 0) is 22.4 Å². The van der Waals surface area contributed by atoms with E-state index in [-0.39, 0.29) is 30.3 Å². The summed E-state index contributed by atoms with van der Waals surface area (Å²) in [4.78, 5) is 32.0. The highest BCUT2D eigenvalue weighted by atomic mass is 32.1. The molecule has 0 aliphatic carbocycles. The molecule has 1 unspecified atom stereocenters. The molecule has 0 saturated carbocycles. The Balaban J connectivity index is 1.59. The van der Waals surface area contributed by atoms with Crippen LogP contribution in [0.2, 0.25) is 0 Å². The van der Waals surface area contributed by atoms with Gasteiger partial charge in [-0.05, 0) is 53.0 Å². The first-order chi connectivity index (χ1) is 15.9. The standard InChI is InChI=1S/C28H32N2O2S/c1-20(2)18-29(26(31)17-22-10-5-4-6-11-22)19-27(32)30-15-13-25-24(14-16-33-25)28(30)23-12-8-7-9-21(23)3/h4-12,14,16,20,28H,13,15,17-19H2,1-3H3. The lowest BCUT2D eigenvalue weighted by Crippen LogP contribution is -2.48. The van der Waals surface area contributed by atoms with Gasteiger partial charge in [-0.15, -0.1) is 11.3 Å². The quantitative estimate of drug-likeness (QED) is 0.483. The van der Waals surface area contributed by atoms with E-state index >= 15 is 0 Å². The number of nitrogens with zero attached hydrogens (tertiary/aromatic N) is 2. The van der Waals surface area contributed by atoms with Gasteiger partial charge in [0.1, 0.15) is 0 Å². The molecule has 3 aromatic rings. The van der Waals surface area contributed by atoms with Gasteiger partial charge in [-0.3, -0.25) is 9.59 Å². The molecular weight excluding hydrogens is 428 g/mol. The summed E-state index contributed by atoms with van der Waals surface area (Å²) in [5.41, 5.74) is 4.54. The summed E-state index contributed by atoms with van der Waals surface area (Å²) in [5.74, 6) is 0.306. The van der Waals surface area contributed by atoms with E-state index in [0.29, 0.717) is 19.5 Å². The van der Waals surface area contributed by atoms with Crippen LogP contribution in [-0.4, -0.2) is 41.2 Å². The fraction of sp³-hybridized carbons (Fsp3) is 0.357. The zero-order valence-electron chi connectivity index (χ0n) is 19.7. The number of rotatable bonds is 7. The van der Waals surface area contributed by atoms with Crippen molar-refractivity contribution < 1.29 is 9.59 Å². The molecule has 4 nitrogen and oxygen atoms in total. The van der Waals surface area contributed by atoms with E-state index in [0.717, 1.165) is 17.5 Å². The Morgan fingerprint density at radius 2 is 1.76 bits per heavy atom. The van der Waals surface area contributed by atoms with Gasteiger partial charge < -0.3 is 9.80 Å². The van der Waals surface area contributed by atoms with Crippen LogP contribution in [0.15, 0.2) is 66.0 Å². The summed E-state index contributed by atoms with van der Waals surface area (Å²) in [6, 6.07) is 20.1. The van der Waals surface area contributed by atoms with Crippen molar-refractivity contribution in [3.63, 3.8) is 0 Å². The predicted molar refractivity (Wildman–Crippen MR) is 134 cm³/mol. The maximum atomic E-state index is 13.7. The van der Waals surface area contributed by atoms with Crippen molar-refractivity contribution in [2.45, 2.75) is 39.7 Å². The van der Waals surface area contributed by atoms with Gasteiger partial charge in [0.2, 0.25) is 11.8 Å². The number of fused-ring (bicyclic) bond motifs is 1. The van der Waals surface area contributed by atoms with E-state index in [1.165, 1.54) is 16.0 Å². The first-order valence-electron chi connectivity index (χ1n) is 11.7. The summed E-state index contributed by atoms with van der Waals surface area (Å²) in [7, 11) is 0. The van der Waals surface area contributed by atoms with Crippen molar-refractivity contribution in [3.05, 3.63) is 93.2 Å². The lowest BCUT2D eigenvalue weighted by molar-refractivity contribution is -0.141. The van der Waals surface area contributed by atoms with E-state index in [1.54, 1.807) is 16.2 Å². The molecule has 2 aromatic carbocycles. The van der Waals surface area contributed by atoms with Crippen molar-refractivity contribution in [1.82, 2.24) is 9.80 Å². The van der Waals surface area contributed by atoms with Gasteiger partial charge in [0.25, 0.3) is 0 Å². The molecule has 2 amide bonds. The normalized spacial score (nSPS) is 15.4. The fourth-order valence-electron chi connectivity index (χ4n) is 4.65. The predicted octanol–water partition coefficient (Wildman–Crippen LogP) is 5.26. The molecule has 172 valence electrons. The largest absolute Gasteiger partial charge is 0.333 e. The Kier molecular flexibility index (Phi) is 7.29. The van der Waals surface area contributed by atoms with Crippen LogP contribution in [0.4, 0.5) is 0 Å². The molecular formula is C28H32N2O2S. The molecule has 0 bridgehead atoms. The summed E-state index contributed by atoms with van der Waals surface area (Å²) in [6.45, 7) is 7.64. The monoisotopic (exact) mass is 460 g/mol. The second-order valence-corrected chi connectivity index (χ2v) is 10.2. The number of benzene rings is 2. The molecule has 1 aliphatic heterocycles. The Morgan fingerprint density at radius 1 is 1.03 bits per heavy atom. The van der Waals surface area contributed by atoms with E-state index in [4.69, 9.17) is 0 Å². The summed E-state index contributed by atoms with van der Waals surface area (Å²) < 4.78 is 0. The average molecular weight is 461 g/mol. The first kappa shape index (κ1) is 23.2. The smallest absolute Gasteiger partial charge is 0.242 e. The third-order valence-corrected chi connectivity index (χ3v) is 7.23. The molecule has 2 heterocycles. The molecule has 0 saturated heterocycles. The maximum Gasteiger partial charge on any atom is 0.242 e. The SMILES string of the molecule is Cc1ccccc1C1c2ccsc2CCN1C(=O)CN(CC(C)C)C(=O)Cc1ccccc1. The molecule has 0 fully saturated rings. The van der Waals surface area contributed by atoms with Crippen molar-refractivity contribution >= 4 is 23.2 Å². The van der Waals surface area contributed by atoms with Gasteiger partial charge in [-0.2, -0.15) is 0 Å². The zero-order chi connectivity index (χ0) is 23.4. The Labute approximate surface area is 200 Å². The van der Waals surface area contributed by atoms with Crippen molar-refractivity contribution in [3.8, 4) is 0 Å². The van der Waals surface area contributed by atoms with Crippen molar-refractivity contribution in [1.29, 1.82) is 0 Å². The van der Waals surface area contributed by atoms with E-state index < -0.39 is 0 Å². The van der Waals surface area contributed by atoms with Crippen LogP contribution in [0.1, 0.15) is 47.0 Å². The second-order valence-electron chi connectivity index (χ2n) is 9.23. The number of aryl methyl sites for hydroxylation is 1. The molecule has 4 rings (SSSR count). The number of hydrogen-bond donors (Lipinski definition) is 0. The van der Waals surface area contributed by atoms with Crippen LogP contribution in [0.3, 0.4) is 0 Å². The number of thiophene rings is 1. The summed E-state index contributed by atoms with van der Waals surface area (Å²) >= 11 is 1.77. The highest BCUT2D eigenvalue weighted by Crippen LogP contribution is 2.39. The second kappa shape index (κ2) is 10.3. The first-order valence-corrected chi connectivity index (χ1v) is 12.5. The molecule has 1 aliphatic rings. The van der Waals surface area contributed by atoms with Crippen LogP contribution in [0.25, 0.3) is 0 Å².